The third-order valence-corrected chi connectivity index (χ3v) is 7.49. The second-order valence-corrected chi connectivity index (χ2v) is 10.7. The highest BCUT2D eigenvalue weighted by atomic mass is 16.6. The smallest absolute Gasteiger partial charge is 0.231 e. The molecule has 0 radical (unpaired) electrons. The molecule has 1 aromatic rings. The summed E-state index contributed by atoms with van der Waals surface area (Å²) in [7, 11) is 0. The normalized spacial score (nSPS) is 22.3. The number of carbonyl (C=O) groups excluding carboxylic acids is 1. The first-order valence-electron chi connectivity index (χ1n) is 13.5. The van der Waals surface area contributed by atoms with Crippen LogP contribution in [0.5, 0.6) is 0 Å². The number of ether oxygens (including phenoxy) is 2. The molecule has 0 spiro atoms. The standard InChI is InChI=1S/C30H39N3O3/c1-23(2)18-29(34)33-26(13-12-25-10-6-7-11-28(25)33)20-31-14-16-32(17-15-31)30-22-35-27(21-36-30)19-24-8-4-3-5-9-24/h3-4,6-8,10-11,21-23,26H,5,9,12-20H2,1-2H3. The summed E-state index contributed by atoms with van der Waals surface area (Å²) in [4.78, 5) is 20.1. The van der Waals surface area contributed by atoms with Gasteiger partial charge in [-0.15, -0.1) is 0 Å². The van der Waals surface area contributed by atoms with Gasteiger partial charge < -0.3 is 19.3 Å². The van der Waals surface area contributed by atoms with Crippen LogP contribution in [0.2, 0.25) is 0 Å². The molecule has 6 heteroatoms. The van der Waals surface area contributed by atoms with Crippen LogP contribution < -0.4 is 4.90 Å². The second kappa shape index (κ2) is 11.4. The average Bonchev–Trinajstić information content (AvgIpc) is 2.89. The van der Waals surface area contributed by atoms with E-state index in [9.17, 15) is 4.79 Å². The summed E-state index contributed by atoms with van der Waals surface area (Å²) in [5.74, 6) is 2.26. The maximum atomic E-state index is 13.3. The van der Waals surface area contributed by atoms with Crippen LogP contribution in [0.3, 0.4) is 0 Å². The van der Waals surface area contributed by atoms with Crippen molar-refractivity contribution in [2.24, 2.45) is 5.92 Å². The molecule has 6 nitrogen and oxygen atoms in total. The molecule has 1 amide bonds. The summed E-state index contributed by atoms with van der Waals surface area (Å²) < 4.78 is 11.9. The molecule has 0 aromatic heterocycles. The van der Waals surface area contributed by atoms with E-state index < -0.39 is 0 Å². The van der Waals surface area contributed by atoms with Crippen molar-refractivity contribution in [1.82, 2.24) is 9.80 Å². The number of hydrogen-bond donors (Lipinski definition) is 0. The fourth-order valence-corrected chi connectivity index (χ4v) is 5.58. The number of para-hydroxylation sites is 1. The number of anilines is 1. The molecule has 5 rings (SSSR count). The number of rotatable bonds is 7. The number of benzene rings is 1. The fourth-order valence-electron chi connectivity index (χ4n) is 5.58. The van der Waals surface area contributed by atoms with Crippen molar-refractivity contribution < 1.29 is 14.3 Å². The van der Waals surface area contributed by atoms with E-state index in [0.717, 1.165) is 82.2 Å². The number of hydrogen-bond acceptors (Lipinski definition) is 5. The summed E-state index contributed by atoms with van der Waals surface area (Å²) in [6, 6.07) is 8.65. The molecule has 3 heterocycles. The molecule has 4 aliphatic rings. The lowest BCUT2D eigenvalue weighted by Gasteiger charge is -2.42. The van der Waals surface area contributed by atoms with Gasteiger partial charge in [0.2, 0.25) is 11.8 Å². The molecule has 0 N–H and O–H groups in total. The molecule has 1 fully saturated rings. The first kappa shape index (κ1) is 24.7. The third kappa shape index (κ3) is 5.86. The van der Waals surface area contributed by atoms with E-state index in [2.05, 4.69) is 71.0 Å². The van der Waals surface area contributed by atoms with Crippen molar-refractivity contribution in [2.75, 3.05) is 37.6 Å². The van der Waals surface area contributed by atoms with Gasteiger partial charge >= 0.3 is 0 Å². The van der Waals surface area contributed by atoms with Crippen LogP contribution in [0, 0.1) is 5.92 Å². The van der Waals surface area contributed by atoms with Crippen LogP contribution in [0.1, 0.15) is 51.5 Å². The zero-order valence-electron chi connectivity index (χ0n) is 21.7. The predicted octanol–water partition coefficient (Wildman–Crippen LogP) is 5.35. The number of amides is 1. The van der Waals surface area contributed by atoms with Gasteiger partial charge in [0.15, 0.2) is 6.26 Å². The fraction of sp³-hybridized carbons (Fsp3) is 0.500. The lowest BCUT2D eigenvalue weighted by atomic mass is 9.94. The third-order valence-electron chi connectivity index (χ3n) is 7.49. The lowest BCUT2D eigenvalue weighted by molar-refractivity contribution is -0.120. The summed E-state index contributed by atoms with van der Waals surface area (Å²) in [5.41, 5.74) is 3.78. The van der Waals surface area contributed by atoms with E-state index in [0.29, 0.717) is 12.3 Å². The Kier molecular flexibility index (Phi) is 7.81. The molecule has 36 heavy (non-hydrogen) atoms. The molecule has 1 aliphatic carbocycles. The van der Waals surface area contributed by atoms with Gasteiger partial charge in [0.25, 0.3) is 0 Å². The van der Waals surface area contributed by atoms with E-state index >= 15 is 0 Å². The van der Waals surface area contributed by atoms with Crippen LogP contribution >= 0.6 is 0 Å². The average molecular weight is 490 g/mol. The van der Waals surface area contributed by atoms with Crippen LogP contribution in [-0.4, -0.2) is 54.5 Å². The number of allylic oxidation sites excluding steroid dienone is 4. The molecule has 1 atom stereocenters. The predicted molar refractivity (Wildman–Crippen MR) is 143 cm³/mol. The quantitative estimate of drug-likeness (QED) is 0.517. The van der Waals surface area contributed by atoms with E-state index in [1.165, 1.54) is 11.1 Å². The van der Waals surface area contributed by atoms with Crippen molar-refractivity contribution in [2.45, 2.75) is 58.4 Å². The molecule has 192 valence electrons. The Morgan fingerprint density at radius 1 is 1.06 bits per heavy atom. The van der Waals surface area contributed by atoms with E-state index in [-0.39, 0.29) is 11.9 Å². The largest absolute Gasteiger partial charge is 0.460 e. The van der Waals surface area contributed by atoms with E-state index in [1.54, 1.807) is 12.5 Å². The van der Waals surface area contributed by atoms with Crippen molar-refractivity contribution in [3.63, 3.8) is 0 Å². The minimum Gasteiger partial charge on any atom is -0.460 e. The monoisotopic (exact) mass is 489 g/mol. The Balaban J connectivity index is 1.15. The number of fused-ring (bicyclic) bond motifs is 1. The number of nitrogens with zero attached hydrogens (tertiary/aromatic N) is 3. The van der Waals surface area contributed by atoms with Gasteiger partial charge in [0, 0.05) is 57.3 Å². The minimum atomic E-state index is 0.223. The highest BCUT2D eigenvalue weighted by Crippen LogP contribution is 2.32. The summed E-state index contributed by atoms with van der Waals surface area (Å²) >= 11 is 0. The Bertz CT molecular complexity index is 1060. The van der Waals surface area contributed by atoms with E-state index in [1.807, 2.05) is 0 Å². The van der Waals surface area contributed by atoms with Crippen molar-refractivity contribution in [3.8, 4) is 0 Å². The van der Waals surface area contributed by atoms with Gasteiger partial charge in [-0.1, -0.05) is 55.8 Å². The molecule has 3 aliphatic heterocycles. The number of carbonyl (C=O) groups is 1. The summed E-state index contributed by atoms with van der Waals surface area (Å²) in [5, 5.41) is 0. The SMILES string of the molecule is CC(C)CC(=O)N1c2ccccc2CCC1CN1CCN(C2=COC(CC3=CC=CCC3)=CO2)CC1. The highest BCUT2D eigenvalue weighted by molar-refractivity contribution is 5.95. The van der Waals surface area contributed by atoms with Crippen molar-refractivity contribution >= 4 is 11.6 Å². The Labute approximate surface area is 215 Å². The number of aryl methyl sites for hydroxylation is 1. The van der Waals surface area contributed by atoms with E-state index in [4.69, 9.17) is 9.47 Å². The van der Waals surface area contributed by atoms with Gasteiger partial charge in [-0.2, -0.15) is 0 Å². The minimum absolute atomic E-state index is 0.223. The summed E-state index contributed by atoms with van der Waals surface area (Å²) in [6.07, 6.45) is 15.6. The zero-order chi connectivity index (χ0) is 24.9. The molecular formula is C30H39N3O3. The Morgan fingerprint density at radius 3 is 2.61 bits per heavy atom. The van der Waals surface area contributed by atoms with Crippen molar-refractivity contribution in [3.05, 3.63) is 77.8 Å². The molecule has 0 saturated carbocycles. The second-order valence-electron chi connectivity index (χ2n) is 10.7. The molecule has 0 bridgehead atoms. The van der Waals surface area contributed by atoms with Gasteiger partial charge in [0.05, 0.1) is 0 Å². The van der Waals surface area contributed by atoms with Gasteiger partial charge in [-0.3, -0.25) is 9.69 Å². The maximum absolute atomic E-state index is 13.3. The first-order valence-corrected chi connectivity index (χ1v) is 13.5. The van der Waals surface area contributed by atoms with Crippen molar-refractivity contribution in [1.29, 1.82) is 0 Å². The van der Waals surface area contributed by atoms with Crippen LogP contribution in [-0.2, 0) is 20.7 Å². The highest BCUT2D eigenvalue weighted by Gasteiger charge is 2.33. The lowest BCUT2D eigenvalue weighted by Crippen LogP contribution is -2.54. The molecule has 1 saturated heterocycles. The van der Waals surface area contributed by atoms with Gasteiger partial charge in [-0.05, 0) is 43.2 Å². The molecule has 1 aromatic carbocycles. The van der Waals surface area contributed by atoms with Crippen LogP contribution in [0.15, 0.2) is 72.2 Å². The van der Waals surface area contributed by atoms with Crippen LogP contribution in [0.25, 0.3) is 0 Å². The first-order chi connectivity index (χ1) is 17.6. The van der Waals surface area contributed by atoms with Crippen LogP contribution in [0.4, 0.5) is 5.69 Å². The number of piperazine rings is 1. The topological polar surface area (TPSA) is 45.3 Å². The zero-order valence-corrected chi connectivity index (χ0v) is 21.7. The summed E-state index contributed by atoms with van der Waals surface area (Å²) in [6.45, 7) is 8.82. The maximum Gasteiger partial charge on any atom is 0.231 e. The Morgan fingerprint density at radius 2 is 1.89 bits per heavy atom. The molecule has 1 unspecified atom stereocenters. The Hall–Kier alpha value is -2.99. The van der Waals surface area contributed by atoms with Gasteiger partial charge in [-0.25, -0.2) is 0 Å². The van der Waals surface area contributed by atoms with Gasteiger partial charge in [0.1, 0.15) is 12.0 Å². The molecular weight excluding hydrogens is 450 g/mol.